The summed E-state index contributed by atoms with van der Waals surface area (Å²) in [6, 6.07) is 1.37. The van der Waals surface area contributed by atoms with Crippen LogP contribution in [0.5, 0.6) is 0 Å². The van der Waals surface area contributed by atoms with Crippen molar-refractivity contribution in [1.82, 2.24) is 4.90 Å². The van der Waals surface area contributed by atoms with Gasteiger partial charge in [0.1, 0.15) is 0 Å². The van der Waals surface area contributed by atoms with E-state index in [1.165, 1.54) is 32.4 Å². The number of rotatable bonds is 2. The van der Waals surface area contributed by atoms with Crippen LogP contribution in [-0.2, 0) is 0 Å². The van der Waals surface area contributed by atoms with E-state index in [0.29, 0.717) is 6.04 Å². The lowest BCUT2D eigenvalue weighted by Gasteiger charge is -2.49. The second-order valence-electron chi connectivity index (χ2n) is 4.11. The summed E-state index contributed by atoms with van der Waals surface area (Å²) in [4.78, 5) is 2.59. The Bertz CT molecular complexity index is 134. The fraction of sp³-hybridized carbons (Fsp3) is 1.00. The third-order valence-corrected chi connectivity index (χ3v) is 3.23. The van der Waals surface area contributed by atoms with E-state index in [1.54, 1.807) is 0 Å². The van der Waals surface area contributed by atoms with Gasteiger partial charge in [-0.15, -0.1) is 0 Å². The molecule has 1 heterocycles. The predicted molar refractivity (Wildman–Crippen MR) is 46.4 cm³/mol. The summed E-state index contributed by atoms with van der Waals surface area (Å²) in [6.07, 6.45) is 3.85. The molecule has 0 unspecified atom stereocenters. The van der Waals surface area contributed by atoms with Crippen LogP contribution < -0.4 is 5.73 Å². The van der Waals surface area contributed by atoms with Crippen molar-refractivity contribution < 1.29 is 0 Å². The Labute approximate surface area is 68.7 Å². The van der Waals surface area contributed by atoms with Crippen molar-refractivity contribution in [1.29, 1.82) is 0 Å². The molecule has 11 heavy (non-hydrogen) atoms. The molecule has 2 nitrogen and oxygen atoms in total. The maximum Gasteiger partial charge on any atom is 0.0125 e. The van der Waals surface area contributed by atoms with E-state index < -0.39 is 0 Å². The summed E-state index contributed by atoms with van der Waals surface area (Å²) in [5.74, 6) is 0.992. The Kier molecular flexibility index (Phi) is 1.90. The zero-order valence-corrected chi connectivity index (χ0v) is 7.29. The Morgan fingerprint density at radius 2 is 2.00 bits per heavy atom. The Morgan fingerprint density at radius 1 is 1.36 bits per heavy atom. The average molecular weight is 154 g/mol. The molecule has 1 aliphatic carbocycles. The lowest BCUT2D eigenvalue weighted by Crippen LogP contribution is -2.58. The fourth-order valence-electron chi connectivity index (χ4n) is 2.09. The van der Waals surface area contributed by atoms with Gasteiger partial charge in [0.05, 0.1) is 0 Å². The zero-order chi connectivity index (χ0) is 7.84. The molecule has 0 spiro atoms. The van der Waals surface area contributed by atoms with Crippen LogP contribution in [0.1, 0.15) is 26.2 Å². The molecule has 2 N–H and O–H groups in total. The summed E-state index contributed by atoms with van der Waals surface area (Å²) >= 11 is 0. The minimum absolute atomic E-state index is 0.515. The number of hydrogen-bond donors (Lipinski definition) is 1. The highest BCUT2D eigenvalue weighted by Gasteiger charge is 2.37. The van der Waals surface area contributed by atoms with Crippen molar-refractivity contribution in [2.45, 2.75) is 38.3 Å². The van der Waals surface area contributed by atoms with E-state index in [1.807, 2.05) is 0 Å². The van der Waals surface area contributed by atoms with Crippen LogP contribution in [0.3, 0.4) is 0 Å². The molecule has 2 aliphatic rings. The molecule has 0 atom stereocenters. The molecule has 0 aromatic heterocycles. The average Bonchev–Trinajstić information content (AvgIpc) is 1.81. The number of nitrogens with zero attached hydrogens (tertiary/aromatic N) is 1. The lowest BCUT2D eigenvalue weighted by atomic mass is 9.82. The van der Waals surface area contributed by atoms with Gasteiger partial charge in [0, 0.05) is 25.2 Å². The van der Waals surface area contributed by atoms with E-state index in [0.717, 1.165) is 12.0 Å². The van der Waals surface area contributed by atoms with E-state index in [2.05, 4.69) is 11.8 Å². The second-order valence-corrected chi connectivity index (χ2v) is 4.11. The Balaban J connectivity index is 1.67. The van der Waals surface area contributed by atoms with Crippen LogP contribution in [0.25, 0.3) is 0 Å². The zero-order valence-electron chi connectivity index (χ0n) is 7.29. The quantitative estimate of drug-likeness (QED) is 0.638. The fourth-order valence-corrected chi connectivity index (χ4v) is 2.09. The largest absolute Gasteiger partial charge is 0.328 e. The van der Waals surface area contributed by atoms with Gasteiger partial charge in [-0.1, -0.05) is 13.3 Å². The van der Waals surface area contributed by atoms with E-state index >= 15 is 0 Å². The molecular formula is C9H18N2. The summed E-state index contributed by atoms with van der Waals surface area (Å²) in [5, 5.41) is 0. The minimum atomic E-state index is 0.515. The molecule has 64 valence electrons. The lowest BCUT2D eigenvalue weighted by molar-refractivity contribution is 0.00750. The van der Waals surface area contributed by atoms with Crippen molar-refractivity contribution >= 4 is 0 Å². The Hall–Kier alpha value is -0.0800. The highest BCUT2D eigenvalue weighted by Crippen LogP contribution is 2.30. The number of hydrogen-bond acceptors (Lipinski definition) is 2. The molecule has 0 aromatic carbocycles. The van der Waals surface area contributed by atoms with Crippen molar-refractivity contribution in [3.63, 3.8) is 0 Å². The summed E-state index contributed by atoms with van der Waals surface area (Å²) in [5.41, 5.74) is 5.73. The second kappa shape index (κ2) is 2.76. The standard InChI is InChI=1S/C9H18N2/c1-2-7-5-11(6-7)9-3-8(10)4-9/h7-9H,2-6,10H2,1H3. The molecule has 2 fully saturated rings. The van der Waals surface area contributed by atoms with Crippen LogP contribution in [0.15, 0.2) is 0 Å². The first-order valence-electron chi connectivity index (χ1n) is 4.79. The molecular weight excluding hydrogens is 136 g/mol. The van der Waals surface area contributed by atoms with Gasteiger partial charge in [0.25, 0.3) is 0 Å². The molecule has 1 saturated carbocycles. The number of likely N-dealkylation sites (tertiary alicyclic amines) is 1. The van der Waals surface area contributed by atoms with Crippen molar-refractivity contribution in [3.8, 4) is 0 Å². The molecule has 2 heteroatoms. The normalized spacial score (nSPS) is 39.8. The van der Waals surface area contributed by atoms with Gasteiger partial charge in [-0.3, -0.25) is 4.90 Å². The molecule has 0 amide bonds. The summed E-state index contributed by atoms with van der Waals surface area (Å²) < 4.78 is 0. The first kappa shape index (κ1) is 7.56. The molecule has 2 rings (SSSR count). The first-order valence-corrected chi connectivity index (χ1v) is 4.79. The van der Waals surface area contributed by atoms with E-state index in [9.17, 15) is 0 Å². The molecule has 1 saturated heterocycles. The molecule has 0 bridgehead atoms. The van der Waals surface area contributed by atoms with Gasteiger partial charge < -0.3 is 5.73 Å². The van der Waals surface area contributed by atoms with Gasteiger partial charge in [-0.25, -0.2) is 0 Å². The molecule has 0 aromatic rings. The van der Waals surface area contributed by atoms with E-state index in [-0.39, 0.29) is 0 Å². The van der Waals surface area contributed by atoms with E-state index in [4.69, 9.17) is 5.73 Å². The third-order valence-electron chi connectivity index (χ3n) is 3.23. The van der Waals surface area contributed by atoms with Crippen molar-refractivity contribution in [2.24, 2.45) is 11.7 Å². The predicted octanol–water partition coefficient (Wildman–Crippen LogP) is 0.818. The van der Waals surface area contributed by atoms with Crippen LogP contribution in [0.2, 0.25) is 0 Å². The SMILES string of the molecule is CCC1CN(C2CC(N)C2)C1. The highest BCUT2D eigenvalue weighted by molar-refractivity contribution is 4.94. The van der Waals surface area contributed by atoms with Crippen LogP contribution in [-0.4, -0.2) is 30.1 Å². The van der Waals surface area contributed by atoms with Gasteiger partial charge in [0.2, 0.25) is 0 Å². The van der Waals surface area contributed by atoms with Gasteiger partial charge in [-0.05, 0) is 18.8 Å². The molecule has 1 aliphatic heterocycles. The van der Waals surface area contributed by atoms with Gasteiger partial charge in [0.15, 0.2) is 0 Å². The highest BCUT2D eigenvalue weighted by atomic mass is 15.2. The smallest absolute Gasteiger partial charge is 0.0125 e. The van der Waals surface area contributed by atoms with Crippen molar-refractivity contribution in [2.75, 3.05) is 13.1 Å². The number of nitrogens with two attached hydrogens (primary N) is 1. The van der Waals surface area contributed by atoms with Gasteiger partial charge >= 0.3 is 0 Å². The van der Waals surface area contributed by atoms with Crippen molar-refractivity contribution in [3.05, 3.63) is 0 Å². The Morgan fingerprint density at radius 3 is 2.45 bits per heavy atom. The monoisotopic (exact) mass is 154 g/mol. The molecule has 0 radical (unpaired) electrons. The maximum absolute atomic E-state index is 5.73. The minimum Gasteiger partial charge on any atom is -0.328 e. The summed E-state index contributed by atoms with van der Waals surface area (Å²) in [6.45, 7) is 4.97. The van der Waals surface area contributed by atoms with Crippen LogP contribution >= 0.6 is 0 Å². The summed E-state index contributed by atoms with van der Waals surface area (Å²) in [7, 11) is 0. The van der Waals surface area contributed by atoms with Gasteiger partial charge in [-0.2, -0.15) is 0 Å². The third kappa shape index (κ3) is 1.30. The first-order chi connectivity index (χ1) is 5.29. The topological polar surface area (TPSA) is 29.3 Å². The van der Waals surface area contributed by atoms with Crippen LogP contribution in [0, 0.1) is 5.92 Å². The maximum atomic E-state index is 5.73. The van der Waals surface area contributed by atoms with Crippen LogP contribution in [0.4, 0.5) is 0 Å².